The first kappa shape index (κ1) is 13.2. The van der Waals surface area contributed by atoms with Crippen LogP contribution in [0.1, 0.15) is 25.3 Å². The largest absolute Gasteiger partial charge is 0.384 e. The van der Waals surface area contributed by atoms with Crippen LogP contribution >= 0.6 is 0 Å². The smallest absolute Gasteiger partial charge is 0.0581 e. The Hall–Kier alpha value is -0.860. The number of benzene rings is 1. The highest BCUT2D eigenvalue weighted by atomic mass is 16.5. The van der Waals surface area contributed by atoms with Gasteiger partial charge in [0.05, 0.1) is 13.2 Å². The third-order valence-corrected chi connectivity index (χ3v) is 2.96. The number of hydrogen-bond acceptors (Lipinski definition) is 2. The van der Waals surface area contributed by atoms with E-state index in [1.165, 1.54) is 5.56 Å². The van der Waals surface area contributed by atoms with E-state index in [1.54, 1.807) is 14.2 Å². The van der Waals surface area contributed by atoms with Crippen LogP contribution in [0.25, 0.3) is 0 Å². The van der Waals surface area contributed by atoms with Gasteiger partial charge in [-0.3, -0.25) is 0 Å². The molecule has 2 heteroatoms. The fourth-order valence-corrected chi connectivity index (χ4v) is 2.32. The summed E-state index contributed by atoms with van der Waals surface area (Å²) in [5.74, 6) is 0. The van der Waals surface area contributed by atoms with Gasteiger partial charge >= 0.3 is 0 Å². The topological polar surface area (TPSA) is 18.5 Å². The SMILES string of the molecule is CCCC(COC)(COC)c1ccccc1. The van der Waals surface area contributed by atoms with Crippen molar-refractivity contribution in [1.29, 1.82) is 0 Å². The Morgan fingerprint density at radius 3 is 2.00 bits per heavy atom. The van der Waals surface area contributed by atoms with Crippen molar-refractivity contribution in [2.45, 2.75) is 25.2 Å². The number of rotatable bonds is 7. The average molecular weight is 222 g/mol. The van der Waals surface area contributed by atoms with Crippen molar-refractivity contribution in [2.75, 3.05) is 27.4 Å². The second-order valence-electron chi connectivity index (χ2n) is 4.26. The van der Waals surface area contributed by atoms with Gasteiger partial charge in [-0.25, -0.2) is 0 Å². The first-order valence-corrected chi connectivity index (χ1v) is 5.82. The maximum absolute atomic E-state index is 5.39. The molecule has 0 unspecified atom stereocenters. The number of ether oxygens (including phenoxy) is 2. The fraction of sp³-hybridized carbons (Fsp3) is 0.571. The lowest BCUT2D eigenvalue weighted by molar-refractivity contribution is 0.0538. The van der Waals surface area contributed by atoms with E-state index in [-0.39, 0.29) is 5.41 Å². The van der Waals surface area contributed by atoms with Crippen molar-refractivity contribution in [3.8, 4) is 0 Å². The van der Waals surface area contributed by atoms with E-state index < -0.39 is 0 Å². The first-order valence-electron chi connectivity index (χ1n) is 5.82. The molecule has 0 N–H and O–H groups in total. The highest BCUT2D eigenvalue weighted by molar-refractivity contribution is 5.25. The van der Waals surface area contributed by atoms with Gasteiger partial charge in [0.1, 0.15) is 0 Å². The maximum Gasteiger partial charge on any atom is 0.0581 e. The summed E-state index contributed by atoms with van der Waals surface area (Å²) in [5, 5.41) is 0. The molecule has 1 aromatic rings. The predicted octanol–water partition coefficient (Wildman–Crippen LogP) is 3.02. The molecule has 0 aliphatic rings. The predicted molar refractivity (Wildman–Crippen MR) is 66.8 cm³/mol. The lowest BCUT2D eigenvalue weighted by Crippen LogP contribution is -2.36. The van der Waals surface area contributed by atoms with Crippen molar-refractivity contribution in [1.82, 2.24) is 0 Å². The van der Waals surface area contributed by atoms with E-state index in [4.69, 9.17) is 9.47 Å². The van der Waals surface area contributed by atoms with Crippen LogP contribution in [-0.4, -0.2) is 27.4 Å². The van der Waals surface area contributed by atoms with E-state index in [9.17, 15) is 0 Å². The molecule has 90 valence electrons. The molecule has 16 heavy (non-hydrogen) atoms. The molecule has 2 nitrogen and oxygen atoms in total. The minimum Gasteiger partial charge on any atom is -0.384 e. The molecular weight excluding hydrogens is 200 g/mol. The summed E-state index contributed by atoms with van der Waals surface area (Å²) in [6, 6.07) is 10.5. The molecule has 0 aliphatic carbocycles. The van der Waals surface area contributed by atoms with Gasteiger partial charge in [0.2, 0.25) is 0 Å². The van der Waals surface area contributed by atoms with Crippen LogP contribution in [-0.2, 0) is 14.9 Å². The lowest BCUT2D eigenvalue weighted by atomic mass is 9.78. The number of hydrogen-bond donors (Lipinski definition) is 0. The molecule has 0 aliphatic heterocycles. The van der Waals surface area contributed by atoms with Gasteiger partial charge in [-0.2, -0.15) is 0 Å². The molecule has 0 atom stereocenters. The van der Waals surface area contributed by atoms with Crippen molar-refractivity contribution in [3.05, 3.63) is 35.9 Å². The minimum atomic E-state index is -0.000486. The van der Waals surface area contributed by atoms with Crippen LogP contribution in [0.3, 0.4) is 0 Å². The second kappa shape index (κ2) is 6.66. The summed E-state index contributed by atoms with van der Waals surface area (Å²) in [7, 11) is 3.51. The zero-order valence-electron chi connectivity index (χ0n) is 10.5. The molecule has 0 radical (unpaired) electrons. The summed E-state index contributed by atoms with van der Waals surface area (Å²) < 4.78 is 10.8. The van der Waals surface area contributed by atoms with Crippen molar-refractivity contribution < 1.29 is 9.47 Å². The molecule has 0 bridgehead atoms. The standard InChI is InChI=1S/C14H22O2/c1-4-10-14(11-15-2,12-16-3)13-8-6-5-7-9-13/h5-9H,4,10-12H2,1-3H3. The highest BCUT2D eigenvalue weighted by Gasteiger charge is 2.31. The fourth-order valence-electron chi connectivity index (χ4n) is 2.32. The van der Waals surface area contributed by atoms with E-state index >= 15 is 0 Å². The Morgan fingerprint density at radius 1 is 1.00 bits per heavy atom. The molecule has 1 rings (SSSR count). The summed E-state index contributed by atoms with van der Waals surface area (Å²) in [4.78, 5) is 0. The van der Waals surface area contributed by atoms with Crippen LogP contribution in [0.4, 0.5) is 0 Å². The summed E-state index contributed by atoms with van der Waals surface area (Å²) in [5.41, 5.74) is 1.31. The van der Waals surface area contributed by atoms with Crippen LogP contribution in [0.15, 0.2) is 30.3 Å². The average Bonchev–Trinajstić information content (AvgIpc) is 2.31. The molecule has 0 saturated heterocycles. The van der Waals surface area contributed by atoms with E-state index in [1.807, 2.05) is 6.07 Å². The van der Waals surface area contributed by atoms with Gasteiger partial charge in [0, 0.05) is 19.6 Å². The molecule has 0 saturated carbocycles. The normalized spacial score (nSPS) is 11.7. The van der Waals surface area contributed by atoms with Crippen LogP contribution in [0.5, 0.6) is 0 Å². The van der Waals surface area contributed by atoms with Crippen molar-refractivity contribution >= 4 is 0 Å². The Bertz CT molecular complexity index is 265. The molecule has 0 heterocycles. The molecule has 1 aromatic carbocycles. The zero-order valence-corrected chi connectivity index (χ0v) is 10.5. The maximum atomic E-state index is 5.39. The van der Waals surface area contributed by atoms with Gasteiger partial charge in [-0.1, -0.05) is 43.7 Å². The molecule has 0 amide bonds. The first-order chi connectivity index (χ1) is 7.79. The van der Waals surface area contributed by atoms with E-state index in [2.05, 4.69) is 31.2 Å². The van der Waals surface area contributed by atoms with E-state index in [0.717, 1.165) is 12.8 Å². The van der Waals surface area contributed by atoms with Gasteiger partial charge in [-0.15, -0.1) is 0 Å². The number of methoxy groups -OCH3 is 2. The Labute approximate surface area is 98.6 Å². The molecule has 0 fully saturated rings. The van der Waals surface area contributed by atoms with Crippen LogP contribution < -0.4 is 0 Å². The van der Waals surface area contributed by atoms with Crippen molar-refractivity contribution in [3.63, 3.8) is 0 Å². The summed E-state index contributed by atoms with van der Waals surface area (Å²) in [6.07, 6.45) is 2.21. The second-order valence-corrected chi connectivity index (χ2v) is 4.26. The quantitative estimate of drug-likeness (QED) is 0.706. The van der Waals surface area contributed by atoms with Crippen LogP contribution in [0, 0.1) is 0 Å². The monoisotopic (exact) mass is 222 g/mol. The lowest BCUT2D eigenvalue weighted by Gasteiger charge is -2.32. The molecular formula is C14H22O2. The Morgan fingerprint density at radius 2 is 1.56 bits per heavy atom. The summed E-state index contributed by atoms with van der Waals surface area (Å²) in [6.45, 7) is 3.61. The van der Waals surface area contributed by atoms with Crippen molar-refractivity contribution in [2.24, 2.45) is 0 Å². The van der Waals surface area contributed by atoms with Gasteiger partial charge < -0.3 is 9.47 Å². The zero-order chi connectivity index (χ0) is 11.9. The molecule has 0 aromatic heterocycles. The Balaban J connectivity index is 2.99. The summed E-state index contributed by atoms with van der Waals surface area (Å²) >= 11 is 0. The van der Waals surface area contributed by atoms with Gasteiger partial charge in [0.15, 0.2) is 0 Å². The van der Waals surface area contributed by atoms with Gasteiger partial charge in [-0.05, 0) is 12.0 Å². The highest BCUT2D eigenvalue weighted by Crippen LogP contribution is 2.30. The Kier molecular flexibility index (Phi) is 5.50. The minimum absolute atomic E-state index is 0.000486. The molecule has 0 spiro atoms. The third kappa shape index (κ3) is 3.06. The van der Waals surface area contributed by atoms with E-state index in [0.29, 0.717) is 13.2 Å². The van der Waals surface area contributed by atoms with Gasteiger partial charge in [0.25, 0.3) is 0 Å². The third-order valence-electron chi connectivity index (χ3n) is 2.96. The van der Waals surface area contributed by atoms with Crippen LogP contribution in [0.2, 0.25) is 0 Å².